The molecule has 0 aliphatic carbocycles. The van der Waals surface area contributed by atoms with Crippen LogP contribution < -0.4 is 21.3 Å². The predicted molar refractivity (Wildman–Crippen MR) is 84.1 cm³/mol. The maximum absolute atomic E-state index is 12.2. The maximum Gasteiger partial charge on any atom is 0.315 e. The average Bonchev–Trinajstić information content (AvgIpc) is 3.20. The number of nitrogens with one attached hydrogen (secondary N) is 5. The Kier molecular flexibility index (Phi) is 4.29. The van der Waals surface area contributed by atoms with Crippen molar-refractivity contribution in [2.75, 3.05) is 18.5 Å². The van der Waals surface area contributed by atoms with Crippen LogP contribution in [0.5, 0.6) is 0 Å². The van der Waals surface area contributed by atoms with E-state index < -0.39 is 36.5 Å². The van der Waals surface area contributed by atoms with Crippen molar-refractivity contribution in [3.63, 3.8) is 0 Å². The van der Waals surface area contributed by atoms with Gasteiger partial charge in [0.2, 0.25) is 11.8 Å². The number of benzene rings is 1. The summed E-state index contributed by atoms with van der Waals surface area (Å²) in [6, 6.07) is 2.80. The lowest BCUT2D eigenvalue weighted by molar-refractivity contribution is -0.128. The lowest BCUT2D eigenvalue weighted by Gasteiger charge is -2.18. The van der Waals surface area contributed by atoms with Crippen LogP contribution in [0.1, 0.15) is 0 Å². The lowest BCUT2D eigenvalue weighted by Crippen LogP contribution is -2.52. The minimum absolute atomic E-state index is 0.126. The lowest BCUT2D eigenvalue weighted by atomic mass is 10.2. The van der Waals surface area contributed by atoms with E-state index in [0.29, 0.717) is 5.69 Å². The van der Waals surface area contributed by atoms with E-state index in [2.05, 4.69) is 31.5 Å². The quantitative estimate of drug-likeness (QED) is 0.401. The van der Waals surface area contributed by atoms with E-state index >= 15 is 0 Å². The van der Waals surface area contributed by atoms with Gasteiger partial charge >= 0.3 is 6.03 Å². The summed E-state index contributed by atoms with van der Waals surface area (Å²) in [5.74, 6) is -1.12. The molecule has 2 atom stereocenters. The minimum Gasteiger partial charge on any atom is -0.394 e. The Morgan fingerprint density at radius 1 is 1.42 bits per heavy atom. The molecule has 6 N–H and O–H groups in total. The number of carbonyl (C=O) groups excluding carboxylic acids is 3. The molecule has 126 valence electrons. The van der Waals surface area contributed by atoms with Gasteiger partial charge in [0.05, 0.1) is 18.3 Å². The van der Waals surface area contributed by atoms with Gasteiger partial charge in [0, 0.05) is 17.6 Å². The normalized spacial score (nSPS) is 17.9. The second-order valence-corrected chi connectivity index (χ2v) is 5.31. The largest absolute Gasteiger partial charge is 0.394 e. The van der Waals surface area contributed by atoms with Crippen LogP contribution in [-0.4, -0.2) is 58.4 Å². The molecule has 10 heteroatoms. The van der Waals surface area contributed by atoms with Gasteiger partial charge in [-0.05, 0) is 18.2 Å². The van der Waals surface area contributed by atoms with Crippen LogP contribution in [0.25, 0.3) is 10.9 Å². The second kappa shape index (κ2) is 6.54. The van der Waals surface area contributed by atoms with Crippen molar-refractivity contribution < 1.29 is 19.5 Å². The summed E-state index contributed by atoms with van der Waals surface area (Å²) in [6.45, 7) is -0.446. The van der Waals surface area contributed by atoms with E-state index in [1.807, 2.05) is 0 Å². The van der Waals surface area contributed by atoms with Crippen molar-refractivity contribution in [1.29, 1.82) is 0 Å². The van der Waals surface area contributed by atoms with Crippen molar-refractivity contribution in [3.8, 4) is 0 Å². The Labute approximate surface area is 136 Å². The van der Waals surface area contributed by atoms with Gasteiger partial charge in [0.1, 0.15) is 12.1 Å². The molecule has 0 saturated carbocycles. The van der Waals surface area contributed by atoms with Crippen LogP contribution in [0.2, 0.25) is 0 Å². The zero-order valence-corrected chi connectivity index (χ0v) is 12.5. The second-order valence-electron chi connectivity index (χ2n) is 5.31. The van der Waals surface area contributed by atoms with Crippen molar-refractivity contribution in [1.82, 2.24) is 26.1 Å². The molecule has 0 spiro atoms. The molecule has 2 heterocycles. The number of hydrogen-bond donors (Lipinski definition) is 6. The van der Waals surface area contributed by atoms with Gasteiger partial charge in [-0.25, -0.2) is 4.79 Å². The summed E-state index contributed by atoms with van der Waals surface area (Å²) in [5, 5.41) is 26.8. The SMILES string of the molecule is O=C1NCC(C(=O)N[C@@H](CO)C(=O)Nc2ccc3cn[nH]c3c2)N1. The maximum atomic E-state index is 12.2. The molecule has 0 radical (unpaired) electrons. The molecule has 2 aromatic rings. The summed E-state index contributed by atoms with van der Waals surface area (Å²) in [5.41, 5.74) is 1.25. The average molecular weight is 332 g/mol. The van der Waals surface area contributed by atoms with Crippen molar-refractivity contribution in [3.05, 3.63) is 24.4 Å². The number of H-pyrrole nitrogens is 1. The fourth-order valence-electron chi connectivity index (χ4n) is 2.32. The summed E-state index contributed by atoms with van der Waals surface area (Å²) < 4.78 is 0. The Hall–Kier alpha value is -3.14. The van der Waals surface area contributed by atoms with Gasteiger partial charge in [-0.2, -0.15) is 5.10 Å². The van der Waals surface area contributed by atoms with E-state index in [1.54, 1.807) is 24.4 Å². The Morgan fingerprint density at radius 2 is 2.25 bits per heavy atom. The summed E-state index contributed by atoms with van der Waals surface area (Å²) in [4.78, 5) is 35.2. The van der Waals surface area contributed by atoms with Gasteiger partial charge in [0.15, 0.2) is 0 Å². The van der Waals surface area contributed by atoms with Crippen LogP contribution in [0.4, 0.5) is 10.5 Å². The highest BCUT2D eigenvalue weighted by Gasteiger charge is 2.30. The van der Waals surface area contributed by atoms with Crippen molar-refractivity contribution >= 4 is 34.4 Å². The zero-order valence-electron chi connectivity index (χ0n) is 12.5. The topological polar surface area (TPSA) is 148 Å². The van der Waals surface area contributed by atoms with Gasteiger partial charge < -0.3 is 26.4 Å². The number of nitrogens with zero attached hydrogens (tertiary/aromatic N) is 1. The van der Waals surface area contributed by atoms with E-state index in [-0.39, 0.29) is 6.54 Å². The molecule has 1 saturated heterocycles. The highest BCUT2D eigenvalue weighted by atomic mass is 16.3. The molecular formula is C14H16N6O4. The van der Waals surface area contributed by atoms with Crippen LogP contribution in [-0.2, 0) is 9.59 Å². The molecular weight excluding hydrogens is 316 g/mol. The van der Waals surface area contributed by atoms with Gasteiger partial charge in [0.25, 0.3) is 0 Å². The van der Waals surface area contributed by atoms with Gasteiger partial charge in [-0.1, -0.05) is 0 Å². The molecule has 24 heavy (non-hydrogen) atoms. The van der Waals surface area contributed by atoms with Crippen LogP contribution in [0.3, 0.4) is 0 Å². The molecule has 1 aromatic carbocycles. The van der Waals surface area contributed by atoms with Gasteiger partial charge in [-0.3, -0.25) is 14.7 Å². The molecule has 1 fully saturated rings. The summed E-state index contributed by atoms with van der Waals surface area (Å²) in [7, 11) is 0. The molecule has 1 aromatic heterocycles. The first-order valence-corrected chi connectivity index (χ1v) is 7.26. The number of aromatic amines is 1. The Bertz CT molecular complexity index is 788. The standard InChI is InChI=1S/C14H16N6O4/c21-6-11(18-12(22)10-5-15-14(24)19-10)13(23)17-8-2-1-7-4-16-20-9(7)3-8/h1-4,10-11,21H,5-6H2,(H,16,20)(H,17,23)(H,18,22)(H2,15,19,24)/t10?,11-/m0/s1. The number of hydrogen-bond acceptors (Lipinski definition) is 5. The summed E-state index contributed by atoms with van der Waals surface area (Å²) in [6.07, 6.45) is 1.65. The van der Waals surface area contributed by atoms with Crippen LogP contribution >= 0.6 is 0 Å². The number of anilines is 1. The highest BCUT2D eigenvalue weighted by Crippen LogP contribution is 2.16. The molecule has 0 bridgehead atoms. The number of amides is 4. The number of aliphatic hydroxyl groups is 1. The third kappa shape index (κ3) is 3.27. The number of carbonyl (C=O) groups is 3. The smallest absolute Gasteiger partial charge is 0.315 e. The predicted octanol–water partition coefficient (Wildman–Crippen LogP) is -1.34. The van der Waals surface area contributed by atoms with E-state index in [1.165, 1.54) is 0 Å². The highest BCUT2D eigenvalue weighted by molar-refractivity contribution is 6.00. The third-order valence-electron chi connectivity index (χ3n) is 3.61. The zero-order chi connectivity index (χ0) is 17.1. The number of aromatic nitrogens is 2. The first-order valence-electron chi connectivity index (χ1n) is 7.26. The molecule has 1 aliphatic rings. The van der Waals surface area contributed by atoms with Crippen LogP contribution in [0.15, 0.2) is 24.4 Å². The third-order valence-corrected chi connectivity index (χ3v) is 3.61. The summed E-state index contributed by atoms with van der Waals surface area (Å²) >= 11 is 0. The Balaban J connectivity index is 1.62. The fraction of sp³-hybridized carbons (Fsp3) is 0.286. The van der Waals surface area contributed by atoms with E-state index in [0.717, 1.165) is 10.9 Å². The molecule has 4 amide bonds. The number of aliphatic hydroxyl groups excluding tert-OH is 1. The first-order chi connectivity index (χ1) is 11.6. The fourth-order valence-corrected chi connectivity index (χ4v) is 2.32. The number of rotatable bonds is 5. The molecule has 3 rings (SSSR count). The van der Waals surface area contributed by atoms with Crippen LogP contribution in [0, 0.1) is 0 Å². The van der Waals surface area contributed by atoms with Crippen molar-refractivity contribution in [2.24, 2.45) is 0 Å². The first kappa shape index (κ1) is 15.7. The van der Waals surface area contributed by atoms with Crippen molar-refractivity contribution in [2.45, 2.75) is 12.1 Å². The number of urea groups is 1. The van der Waals surface area contributed by atoms with E-state index in [4.69, 9.17) is 0 Å². The molecule has 1 aliphatic heterocycles. The van der Waals surface area contributed by atoms with Gasteiger partial charge in [-0.15, -0.1) is 0 Å². The molecule has 10 nitrogen and oxygen atoms in total. The molecule has 1 unspecified atom stereocenters. The Morgan fingerprint density at radius 3 is 2.96 bits per heavy atom. The number of fused-ring (bicyclic) bond motifs is 1. The minimum atomic E-state index is -1.13. The monoisotopic (exact) mass is 332 g/mol. The van der Waals surface area contributed by atoms with E-state index in [9.17, 15) is 19.5 Å².